The van der Waals surface area contributed by atoms with Crippen LogP contribution in [0.4, 0.5) is 0 Å². The molecular formula is C22H24N4O3S. The lowest BCUT2D eigenvalue weighted by atomic mass is 9.87. The number of fused-ring (bicyclic) bond motifs is 1. The number of nitrogens with one attached hydrogen (secondary N) is 1. The number of benzene rings is 2. The number of carbonyl (C=O) groups excluding carboxylic acids is 1. The highest BCUT2D eigenvalue weighted by Gasteiger charge is 2.33. The topological polar surface area (TPSA) is 84.3 Å². The van der Waals surface area contributed by atoms with Gasteiger partial charge in [-0.05, 0) is 35.2 Å². The third kappa shape index (κ3) is 3.76. The van der Waals surface area contributed by atoms with Crippen LogP contribution >= 0.6 is 0 Å². The SMILES string of the molecule is CC(C)(C)c1ccc(C(=O)Nn2ncc3c2CN(S(=O)(=O)c2ccccc2)C3)cc1. The molecule has 0 atom stereocenters. The first-order valence-electron chi connectivity index (χ1n) is 9.69. The zero-order valence-corrected chi connectivity index (χ0v) is 18.0. The Kier molecular flexibility index (Phi) is 4.99. The van der Waals surface area contributed by atoms with Crippen LogP contribution in [0.3, 0.4) is 0 Å². The molecule has 1 aliphatic rings. The molecule has 156 valence electrons. The summed E-state index contributed by atoms with van der Waals surface area (Å²) >= 11 is 0. The molecular weight excluding hydrogens is 400 g/mol. The van der Waals surface area contributed by atoms with Gasteiger partial charge >= 0.3 is 0 Å². The van der Waals surface area contributed by atoms with Crippen molar-refractivity contribution in [1.29, 1.82) is 0 Å². The number of hydrogen-bond donors (Lipinski definition) is 1. The van der Waals surface area contributed by atoms with Gasteiger partial charge in [-0.2, -0.15) is 14.2 Å². The van der Waals surface area contributed by atoms with Crippen LogP contribution in [0.5, 0.6) is 0 Å². The molecule has 0 saturated carbocycles. The average molecular weight is 425 g/mol. The Hall–Kier alpha value is -2.97. The monoisotopic (exact) mass is 424 g/mol. The van der Waals surface area contributed by atoms with Gasteiger partial charge in [-0.15, -0.1) is 0 Å². The molecule has 1 amide bonds. The fourth-order valence-corrected chi connectivity index (χ4v) is 4.81. The fourth-order valence-electron chi connectivity index (χ4n) is 3.41. The van der Waals surface area contributed by atoms with E-state index in [4.69, 9.17) is 0 Å². The van der Waals surface area contributed by atoms with Gasteiger partial charge in [0.1, 0.15) is 0 Å². The summed E-state index contributed by atoms with van der Waals surface area (Å²) in [5.74, 6) is -0.300. The predicted molar refractivity (Wildman–Crippen MR) is 114 cm³/mol. The first kappa shape index (κ1) is 20.3. The Morgan fingerprint density at radius 3 is 2.30 bits per heavy atom. The van der Waals surface area contributed by atoms with E-state index in [2.05, 4.69) is 31.3 Å². The van der Waals surface area contributed by atoms with Crippen molar-refractivity contribution >= 4 is 15.9 Å². The van der Waals surface area contributed by atoms with Crippen molar-refractivity contribution in [3.8, 4) is 0 Å². The maximum Gasteiger partial charge on any atom is 0.271 e. The molecule has 0 saturated heterocycles. The Labute approximate surface area is 176 Å². The van der Waals surface area contributed by atoms with Gasteiger partial charge in [-0.25, -0.2) is 13.8 Å². The Morgan fingerprint density at radius 1 is 1.00 bits per heavy atom. The van der Waals surface area contributed by atoms with Gasteiger partial charge in [0.15, 0.2) is 0 Å². The lowest BCUT2D eigenvalue weighted by molar-refractivity contribution is 0.100. The van der Waals surface area contributed by atoms with Crippen molar-refractivity contribution in [1.82, 2.24) is 14.2 Å². The zero-order chi connectivity index (χ0) is 21.5. The zero-order valence-electron chi connectivity index (χ0n) is 17.2. The summed E-state index contributed by atoms with van der Waals surface area (Å²) < 4.78 is 27.1. The van der Waals surface area contributed by atoms with Crippen LogP contribution in [0, 0.1) is 0 Å². The third-order valence-corrected chi connectivity index (χ3v) is 7.04. The predicted octanol–water partition coefficient (Wildman–Crippen LogP) is 3.27. The summed E-state index contributed by atoms with van der Waals surface area (Å²) in [4.78, 5) is 14.3. The number of aromatic nitrogens is 2. The van der Waals surface area contributed by atoms with Crippen molar-refractivity contribution in [3.63, 3.8) is 0 Å². The van der Waals surface area contributed by atoms with Crippen molar-refractivity contribution < 1.29 is 13.2 Å². The van der Waals surface area contributed by atoms with Crippen LogP contribution in [0.1, 0.15) is 48.0 Å². The van der Waals surface area contributed by atoms with Crippen LogP contribution in [-0.2, 0) is 28.5 Å². The fraction of sp³-hybridized carbons (Fsp3) is 0.273. The van der Waals surface area contributed by atoms with E-state index >= 15 is 0 Å². The van der Waals surface area contributed by atoms with Gasteiger partial charge in [0, 0.05) is 17.7 Å². The molecule has 8 heteroatoms. The molecule has 0 unspecified atom stereocenters. The standard InChI is InChI=1S/C22H24N4O3S/c1-22(2,3)18-11-9-16(10-12-18)21(27)24-26-20-15-25(14-17(20)13-23-26)30(28,29)19-7-5-4-6-8-19/h4-13H,14-15H2,1-3H3,(H,24,27). The van der Waals surface area contributed by atoms with Gasteiger partial charge in [0.2, 0.25) is 10.0 Å². The van der Waals surface area contributed by atoms with Crippen LogP contribution < -0.4 is 5.43 Å². The highest BCUT2D eigenvalue weighted by atomic mass is 32.2. The van der Waals surface area contributed by atoms with E-state index in [0.29, 0.717) is 11.3 Å². The molecule has 0 spiro atoms. The molecule has 4 rings (SSSR count). The Morgan fingerprint density at radius 2 is 1.67 bits per heavy atom. The molecule has 30 heavy (non-hydrogen) atoms. The van der Waals surface area contributed by atoms with Crippen LogP contribution in [0.2, 0.25) is 0 Å². The minimum Gasteiger partial charge on any atom is -0.267 e. The van der Waals surface area contributed by atoms with Crippen molar-refractivity contribution in [3.05, 3.63) is 83.2 Å². The maximum atomic E-state index is 12.9. The van der Waals surface area contributed by atoms with Gasteiger partial charge in [0.05, 0.1) is 23.3 Å². The van der Waals surface area contributed by atoms with E-state index in [1.165, 1.54) is 9.10 Å². The van der Waals surface area contributed by atoms with Gasteiger partial charge in [0.25, 0.3) is 5.91 Å². The van der Waals surface area contributed by atoms with E-state index in [-0.39, 0.29) is 29.3 Å². The summed E-state index contributed by atoms with van der Waals surface area (Å²) in [5.41, 5.74) is 5.85. The molecule has 2 aromatic carbocycles. The summed E-state index contributed by atoms with van der Waals surface area (Å²) in [5, 5.41) is 4.21. The minimum absolute atomic E-state index is 0.00547. The molecule has 3 aromatic rings. The number of amides is 1. The molecule has 0 fully saturated rings. The van der Waals surface area contributed by atoms with E-state index in [1.807, 2.05) is 12.1 Å². The quantitative estimate of drug-likeness (QED) is 0.697. The second-order valence-electron chi connectivity index (χ2n) is 8.38. The highest BCUT2D eigenvalue weighted by molar-refractivity contribution is 7.89. The first-order valence-corrected chi connectivity index (χ1v) is 11.1. The first-order chi connectivity index (χ1) is 14.2. The van der Waals surface area contributed by atoms with Gasteiger partial charge in [-0.3, -0.25) is 4.79 Å². The summed E-state index contributed by atoms with van der Waals surface area (Å²) in [6.45, 7) is 6.72. The molecule has 1 aliphatic heterocycles. The number of sulfonamides is 1. The summed E-state index contributed by atoms with van der Waals surface area (Å²) in [6, 6.07) is 15.8. The minimum atomic E-state index is -3.61. The second-order valence-corrected chi connectivity index (χ2v) is 10.3. The molecule has 1 N–H and O–H groups in total. The van der Waals surface area contributed by atoms with Crippen molar-refractivity contribution in [2.24, 2.45) is 0 Å². The molecule has 0 radical (unpaired) electrons. The third-order valence-electron chi connectivity index (χ3n) is 5.23. The van der Waals surface area contributed by atoms with Gasteiger partial charge < -0.3 is 0 Å². The molecule has 7 nitrogen and oxygen atoms in total. The van der Waals surface area contributed by atoms with Crippen LogP contribution in [0.15, 0.2) is 65.7 Å². The van der Waals surface area contributed by atoms with E-state index in [1.54, 1.807) is 48.7 Å². The number of carbonyl (C=O) groups is 1. The van der Waals surface area contributed by atoms with Crippen molar-refractivity contribution in [2.75, 3.05) is 5.43 Å². The highest BCUT2D eigenvalue weighted by Crippen LogP contribution is 2.28. The van der Waals surface area contributed by atoms with Crippen LogP contribution in [-0.4, -0.2) is 28.5 Å². The lowest BCUT2D eigenvalue weighted by Gasteiger charge is -2.19. The molecule has 0 aliphatic carbocycles. The molecule has 2 heterocycles. The number of rotatable bonds is 4. The summed E-state index contributed by atoms with van der Waals surface area (Å²) in [7, 11) is -3.61. The van der Waals surface area contributed by atoms with E-state index in [0.717, 1.165) is 11.1 Å². The maximum absolute atomic E-state index is 12.9. The van der Waals surface area contributed by atoms with Crippen LogP contribution in [0.25, 0.3) is 0 Å². The number of hydrogen-bond acceptors (Lipinski definition) is 4. The van der Waals surface area contributed by atoms with Crippen molar-refractivity contribution in [2.45, 2.75) is 44.2 Å². The second kappa shape index (κ2) is 7.37. The average Bonchev–Trinajstić information content (AvgIpc) is 3.30. The summed E-state index contributed by atoms with van der Waals surface area (Å²) in [6.07, 6.45) is 1.60. The normalized spacial score (nSPS) is 14.5. The Bertz CT molecular complexity index is 1180. The molecule has 0 bridgehead atoms. The Balaban J connectivity index is 1.50. The number of nitrogens with zero attached hydrogens (tertiary/aromatic N) is 3. The van der Waals surface area contributed by atoms with Gasteiger partial charge in [-0.1, -0.05) is 51.1 Å². The van der Waals surface area contributed by atoms with E-state index in [9.17, 15) is 13.2 Å². The smallest absolute Gasteiger partial charge is 0.267 e. The van der Waals surface area contributed by atoms with E-state index < -0.39 is 10.0 Å². The lowest BCUT2D eigenvalue weighted by Crippen LogP contribution is -2.29. The largest absolute Gasteiger partial charge is 0.271 e. The molecule has 1 aromatic heterocycles.